The largest absolute Gasteiger partial charge is 0.346 e. The fraction of sp³-hybridized carbons (Fsp3) is 0.667. The minimum atomic E-state index is -2.80. The Kier molecular flexibility index (Phi) is 5.32. The molecule has 1 aromatic rings. The maximum absolute atomic E-state index is 13.6. The number of rotatable bonds is 5. The first-order valence-electron chi connectivity index (χ1n) is 7.32. The van der Waals surface area contributed by atoms with Crippen molar-refractivity contribution in [2.24, 2.45) is 0 Å². The number of halogens is 2. The lowest BCUT2D eigenvalue weighted by molar-refractivity contribution is -0.127. The Morgan fingerprint density at radius 3 is 2.90 bits per heavy atom. The van der Waals surface area contributed by atoms with Crippen molar-refractivity contribution >= 4 is 17.2 Å². The van der Waals surface area contributed by atoms with E-state index in [-0.39, 0.29) is 18.9 Å². The van der Waals surface area contributed by atoms with E-state index in [1.165, 1.54) is 15.3 Å². The standard InChI is InChI=1S/C15H22F2N2OS/c1-10-8-12(11(2)21-10)4-3-5-14(20)19-13-9-18-7-6-15(13,16)17/h8,13,18H,3-7,9H2,1-2H3,(H,19,20). The molecule has 1 saturated heterocycles. The Balaban J connectivity index is 1.76. The van der Waals surface area contributed by atoms with Gasteiger partial charge in [-0.25, -0.2) is 8.78 Å². The van der Waals surface area contributed by atoms with Crippen molar-refractivity contribution in [3.8, 4) is 0 Å². The van der Waals surface area contributed by atoms with Gasteiger partial charge in [0.15, 0.2) is 0 Å². The minimum Gasteiger partial charge on any atom is -0.346 e. The van der Waals surface area contributed by atoms with Crippen molar-refractivity contribution in [1.82, 2.24) is 10.6 Å². The predicted octanol–water partition coefficient (Wildman–Crippen LogP) is 2.80. The number of alkyl halides is 2. The minimum absolute atomic E-state index is 0.140. The van der Waals surface area contributed by atoms with Crippen LogP contribution < -0.4 is 10.6 Å². The van der Waals surface area contributed by atoms with Crippen LogP contribution in [-0.2, 0) is 11.2 Å². The van der Waals surface area contributed by atoms with Crippen LogP contribution >= 0.6 is 11.3 Å². The molecule has 0 bridgehead atoms. The zero-order valence-electron chi connectivity index (χ0n) is 12.5. The molecule has 2 rings (SSSR count). The third-order valence-electron chi connectivity index (χ3n) is 3.82. The lowest BCUT2D eigenvalue weighted by Crippen LogP contribution is -2.57. The number of nitrogens with one attached hydrogen (secondary N) is 2. The SMILES string of the molecule is Cc1cc(CCCC(=O)NC2CNCCC2(F)F)c(C)s1. The number of carbonyl (C=O) groups is 1. The Labute approximate surface area is 128 Å². The second kappa shape index (κ2) is 6.83. The van der Waals surface area contributed by atoms with Crippen LogP contribution in [0.25, 0.3) is 0 Å². The van der Waals surface area contributed by atoms with Crippen LogP contribution in [0.1, 0.15) is 34.6 Å². The molecule has 0 aliphatic carbocycles. The molecule has 1 unspecified atom stereocenters. The van der Waals surface area contributed by atoms with Gasteiger partial charge in [0.25, 0.3) is 5.92 Å². The highest BCUT2D eigenvalue weighted by atomic mass is 32.1. The van der Waals surface area contributed by atoms with Gasteiger partial charge in [-0.1, -0.05) is 0 Å². The summed E-state index contributed by atoms with van der Waals surface area (Å²) in [4.78, 5) is 14.3. The average molecular weight is 316 g/mol. The van der Waals surface area contributed by atoms with Crippen LogP contribution in [0.2, 0.25) is 0 Å². The molecule has 1 amide bonds. The summed E-state index contributed by atoms with van der Waals surface area (Å²) in [5.41, 5.74) is 1.26. The highest BCUT2D eigenvalue weighted by molar-refractivity contribution is 7.12. The Hall–Kier alpha value is -1.01. The Morgan fingerprint density at radius 1 is 1.52 bits per heavy atom. The molecule has 3 nitrogen and oxygen atoms in total. The molecule has 1 aromatic heterocycles. The van der Waals surface area contributed by atoms with Gasteiger partial charge >= 0.3 is 0 Å². The number of hydrogen-bond donors (Lipinski definition) is 2. The molecule has 1 fully saturated rings. The van der Waals surface area contributed by atoms with Gasteiger partial charge in [-0.15, -0.1) is 11.3 Å². The van der Waals surface area contributed by atoms with E-state index in [0.717, 1.165) is 6.42 Å². The van der Waals surface area contributed by atoms with Crippen LogP contribution in [0.3, 0.4) is 0 Å². The van der Waals surface area contributed by atoms with Gasteiger partial charge in [0, 0.05) is 35.7 Å². The number of hydrogen-bond acceptors (Lipinski definition) is 3. The van der Waals surface area contributed by atoms with Crippen molar-refractivity contribution in [2.45, 2.75) is 51.5 Å². The van der Waals surface area contributed by atoms with Crippen LogP contribution in [0.15, 0.2) is 6.07 Å². The van der Waals surface area contributed by atoms with E-state index in [0.29, 0.717) is 19.4 Å². The van der Waals surface area contributed by atoms with Gasteiger partial charge in [-0.2, -0.15) is 0 Å². The Bertz CT molecular complexity index is 502. The second-order valence-electron chi connectivity index (χ2n) is 5.63. The zero-order valence-corrected chi connectivity index (χ0v) is 13.3. The summed E-state index contributed by atoms with van der Waals surface area (Å²) in [5, 5.41) is 5.36. The number of piperidine rings is 1. The monoisotopic (exact) mass is 316 g/mol. The molecule has 1 aliphatic heterocycles. The van der Waals surface area contributed by atoms with E-state index in [2.05, 4.69) is 30.5 Å². The number of aryl methyl sites for hydroxylation is 3. The molecule has 0 radical (unpaired) electrons. The van der Waals surface area contributed by atoms with Crippen molar-refractivity contribution in [3.63, 3.8) is 0 Å². The topological polar surface area (TPSA) is 41.1 Å². The summed E-state index contributed by atoms with van der Waals surface area (Å²) in [6.07, 6.45) is 1.59. The quantitative estimate of drug-likeness (QED) is 0.877. The molecule has 21 heavy (non-hydrogen) atoms. The molecule has 2 N–H and O–H groups in total. The smallest absolute Gasteiger partial charge is 0.270 e. The van der Waals surface area contributed by atoms with Crippen molar-refractivity contribution in [2.75, 3.05) is 13.1 Å². The molecular weight excluding hydrogens is 294 g/mol. The summed E-state index contributed by atoms with van der Waals surface area (Å²) in [5.74, 6) is -3.09. The average Bonchev–Trinajstić information content (AvgIpc) is 2.70. The maximum atomic E-state index is 13.6. The van der Waals surface area contributed by atoms with Crippen LogP contribution in [0, 0.1) is 13.8 Å². The summed E-state index contributed by atoms with van der Waals surface area (Å²) in [6.45, 7) is 4.57. The van der Waals surface area contributed by atoms with Crippen LogP contribution in [0.5, 0.6) is 0 Å². The normalized spacial score (nSPS) is 21.2. The molecule has 1 atom stereocenters. The van der Waals surface area contributed by atoms with Crippen molar-refractivity contribution in [1.29, 1.82) is 0 Å². The first kappa shape index (κ1) is 16.4. The third kappa shape index (κ3) is 4.48. The molecule has 118 valence electrons. The van der Waals surface area contributed by atoms with Gasteiger partial charge < -0.3 is 10.6 Å². The van der Waals surface area contributed by atoms with Gasteiger partial charge in [0.1, 0.15) is 6.04 Å². The summed E-state index contributed by atoms with van der Waals surface area (Å²) < 4.78 is 27.2. The summed E-state index contributed by atoms with van der Waals surface area (Å²) in [7, 11) is 0. The first-order chi connectivity index (χ1) is 9.88. The van der Waals surface area contributed by atoms with E-state index >= 15 is 0 Å². The fourth-order valence-corrected chi connectivity index (χ4v) is 3.60. The lowest BCUT2D eigenvalue weighted by atomic mass is 10.0. The van der Waals surface area contributed by atoms with Gasteiger partial charge in [0.2, 0.25) is 5.91 Å². The van der Waals surface area contributed by atoms with Crippen molar-refractivity contribution < 1.29 is 13.6 Å². The van der Waals surface area contributed by atoms with Gasteiger partial charge in [-0.05, 0) is 38.3 Å². The number of carbonyl (C=O) groups excluding carboxylic acids is 1. The fourth-order valence-electron chi connectivity index (χ4n) is 2.62. The highest BCUT2D eigenvalue weighted by Crippen LogP contribution is 2.25. The maximum Gasteiger partial charge on any atom is 0.270 e. The van der Waals surface area contributed by atoms with Crippen LogP contribution in [0.4, 0.5) is 8.78 Å². The van der Waals surface area contributed by atoms with E-state index < -0.39 is 12.0 Å². The van der Waals surface area contributed by atoms with Crippen LogP contribution in [-0.4, -0.2) is 31.0 Å². The van der Waals surface area contributed by atoms with E-state index in [1.807, 2.05) is 0 Å². The highest BCUT2D eigenvalue weighted by Gasteiger charge is 2.42. The number of thiophene rings is 1. The molecule has 0 spiro atoms. The summed E-state index contributed by atoms with van der Waals surface area (Å²) >= 11 is 1.75. The second-order valence-corrected chi connectivity index (χ2v) is 7.09. The van der Waals surface area contributed by atoms with E-state index in [9.17, 15) is 13.6 Å². The van der Waals surface area contributed by atoms with Gasteiger partial charge in [0.05, 0.1) is 0 Å². The summed E-state index contributed by atoms with van der Waals surface area (Å²) in [6, 6.07) is 1.06. The van der Waals surface area contributed by atoms with E-state index in [4.69, 9.17) is 0 Å². The third-order valence-corrected chi connectivity index (χ3v) is 4.83. The molecule has 0 saturated carbocycles. The molecule has 0 aromatic carbocycles. The number of amides is 1. The Morgan fingerprint density at radius 2 is 2.29 bits per heavy atom. The molecular formula is C15H22F2N2OS. The zero-order chi connectivity index (χ0) is 15.5. The lowest BCUT2D eigenvalue weighted by Gasteiger charge is -2.32. The molecule has 2 heterocycles. The first-order valence-corrected chi connectivity index (χ1v) is 8.14. The predicted molar refractivity (Wildman–Crippen MR) is 81.1 cm³/mol. The van der Waals surface area contributed by atoms with Crippen molar-refractivity contribution in [3.05, 3.63) is 21.4 Å². The van der Waals surface area contributed by atoms with E-state index in [1.54, 1.807) is 11.3 Å². The van der Waals surface area contributed by atoms with Gasteiger partial charge in [-0.3, -0.25) is 4.79 Å². The molecule has 1 aliphatic rings. The molecule has 6 heteroatoms.